The molecule has 0 bridgehead atoms. The number of nitrogens with one attached hydrogen (secondary N) is 1. The van der Waals surface area contributed by atoms with Crippen molar-refractivity contribution in [2.24, 2.45) is 0 Å². The average molecular weight is 373 g/mol. The molecule has 0 radical (unpaired) electrons. The van der Waals surface area contributed by atoms with Crippen molar-refractivity contribution >= 4 is 21.6 Å². The Labute approximate surface area is 153 Å². The molecule has 0 atom stereocenters. The number of pyridine rings is 1. The van der Waals surface area contributed by atoms with E-state index in [4.69, 9.17) is 0 Å². The van der Waals surface area contributed by atoms with Crippen LogP contribution in [0.5, 0.6) is 0 Å². The van der Waals surface area contributed by atoms with Gasteiger partial charge in [0, 0.05) is 25.8 Å². The third-order valence-electron chi connectivity index (χ3n) is 4.25. The van der Waals surface area contributed by atoms with Crippen molar-refractivity contribution in [3.63, 3.8) is 0 Å². The number of nitrogens with zero attached hydrogens (tertiary/aromatic N) is 4. The maximum atomic E-state index is 12.7. The fourth-order valence-electron chi connectivity index (χ4n) is 2.86. The van der Waals surface area contributed by atoms with Crippen LogP contribution in [0.25, 0.3) is 5.65 Å². The molecule has 3 rings (SSSR count). The van der Waals surface area contributed by atoms with E-state index in [1.807, 2.05) is 39.0 Å². The Balaban J connectivity index is 1.91. The Bertz CT molecular complexity index is 1010. The van der Waals surface area contributed by atoms with Crippen molar-refractivity contribution in [3.05, 3.63) is 53.7 Å². The molecule has 0 spiro atoms. The Kier molecular flexibility index (Phi) is 5.24. The van der Waals surface area contributed by atoms with Gasteiger partial charge in [0.1, 0.15) is 0 Å². The van der Waals surface area contributed by atoms with Gasteiger partial charge >= 0.3 is 0 Å². The first-order valence-corrected chi connectivity index (χ1v) is 10.0. The molecule has 2 aromatic heterocycles. The number of fused-ring (bicyclic) bond motifs is 1. The normalized spacial score (nSPS) is 12.0. The van der Waals surface area contributed by atoms with Gasteiger partial charge in [-0.05, 0) is 24.6 Å². The van der Waals surface area contributed by atoms with Gasteiger partial charge in [-0.25, -0.2) is 8.42 Å². The molecule has 0 fully saturated rings. The summed E-state index contributed by atoms with van der Waals surface area (Å²) in [4.78, 5) is 0.229. The highest BCUT2D eigenvalue weighted by molar-refractivity contribution is 7.89. The van der Waals surface area contributed by atoms with E-state index in [1.165, 1.54) is 9.87 Å². The van der Waals surface area contributed by atoms with E-state index in [-0.39, 0.29) is 4.90 Å². The van der Waals surface area contributed by atoms with Gasteiger partial charge in [0.05, 0.1) is 4.90 Å². The lowest BCUT2D eigenvalue weighted by molar-refractivity contribution is 0.445. The van der Waals surface area contributed by atoms with E-state index in [9.17, 15) is 8.42 Å². The number of rotatable bonds is 7. The van der Waals surface area contributed by atoms with E-state index >= 15 is 0 Å². The summed E-state index contributed by atoms with van der Waals surface area (Å²) < 4.78 is 28.6. The number of hydrogen-bond acceptors (Lipinski definition) is 5. The van der Waals surface area contributed by atoms with Gasteiger partial charge in [0.15, 0.2) is 5.65 Å². The quantitative estimate of drug-likeness (QED) is 0.689. The first kappa shape index (κ1) is 18.3. The van der Waals surface area contributed by atoms with Crippen LogP contribution in [0.3, 0.4) is 0 Å². The summed E-state index contributed by atoms with van der Waals surface area (Å²) >= 11 is 0. The first-order chi connectivity index (χ1) is 12.5. The Morgan fingerprint density at radius 1 is 1.12 bits per heavy atom. The van der Waals surface area contributed by atoms with Crippen LogP contribution in [-0.4, -0.2) is 40.4 Å². The number of sulfonamides is 1. The second-order valence-electron chi connectivity index (χ2n) is 6.05. The van der Waals surface area contributed by atoms with Crippen LogP contribution in [-0.2, 0) is 16.6 Å². The van der Waals surface area contributed by atoms with Crippen LogP contribution in [0, 0.1) is 6.92 Å². The Hall–Kier alpha value is -2.45. The van der Waals surface area contributed by atoms with E-state index < -0.39 is 10.0 Å². The molecule has 0 aliphatic heterocycles. The van der Waals surface area contributed by atoms with Crippen LogP contribution in [0.4, 0.5) is 5.95 Å². The number of anilines is 1. The van der Waals surface area contributed by atoms with Crippen molar-refractivity contribution < 1.29 is 8.42 Å². The summed E-state index contributed by atoms with van der Waals surface area (Å²) in [5.74, 6) is 0.512. The highest BCUT2D eigenvalue weighted by Gasteiger charge is 2.22. The second kappa shape index (κ2) is 7.43. The molecule has 0 amide bonds. The van der Waals surface area contributed by atoms with Crippen LogP contribution in [0.2, 0.25) is 0 Å². The Morgan fingerprint density at radius 2 is 1.88 bits per heavy atom. The molecule has 0 saturated heterocycles. The second-order valence-corrected chi connectivity index (χ2v) is 7.99. The predicted octanol–water partition coefficient (Wildman–Crippen LogP) is 2.68. The fraction of sp³-hybridized carbons (Fsp3) is 0.333. The van der Waals surface area contributed by atoms with Gasteiger partial charge in [-0.15, -0.1) is 10.2 Å². The summed E-state index contributed by atoms with van der Waals surface area (Å²) in [6.45, 7) is 7.13. The minimum Gasteiger partial charge on any atom is -0.350 e. The SMILES string of the molecule is CCN(CC)S(=O)(=O)c1ccc2nnc(NCc3cccc(C)c3)n2c1. The maximum absolute atomic E-state index is 12.7. The minimum absolute atomic E-state index is 0.229. The molecular formula is C18H23N5O2S. The van der Waals surface area contributed by atoms with Crippen molar-refractivity contribution in [1.29, 1.82) is 0 Å². The monoisotopic (exact) mass is 373 g/mol. The zero-order chi connectivity index (χ0) is 18.7. The first-order valence-electron chi connectivity index (χ1n) is 8.60. The van der Waals surface area contributed by atoms with Crippen molar-refractivity contribution in [1.82, 2.24) is 18.9 Å². The lowest BCUT2D eigenvalue weighted by Gasteiger charge is -2.18. The van der Waals surface area contributed by atoms with Crippen LogP contribution in [0.15, 0.2) is 47.5 Å². The molecule has 0 unspecified atom stereocenters. The van der Waals surface area contributed by atoms with Gasteiger partial charge in [0.2, 0.25) is 16.0 Å². The van der Waals surface area contributed by atoms with E-state index in [1.54, 1.807) is 22.7 Å². The maximum Gasteiger partial charge on any atom is 0.244 e. The van der Waals surface area contributed by atoms with Gasteiger partial charge < -0.3 is 5.32 Å². The van der Waals surface area contributed by atoms with Gasteiger partial charge in [-0.1, -0.05) is 43.7 Å². The zero-order valence-electron chi connectivity index (χ0n) is 15.2. The zero-order valence-corrected chi connectivity index (χ0v) is 16.0. The van der Waals surface area contributed by atoms with Crippen LogP contribution >= 0.6 is 0 Å². The van der Waals surface area contributed by atoms with Gasteiger partial charge in [0.25, 0.3) is 0 Å². The van der Waals surface area contributed by atoms with Gasteiger partial charge in [-0.2, -0.15) is 4.31 Å². The highest BCUT2D eigenvalue weighted by atomic mass is 32.2. The van der Waals surface area contributed by atoms with Crippen molar-refractivity contribution in [3.8, 4) is 0 Å². The number of aryl methyl sites for hydroxylation is 1. The molecule has 8 heteroatoms. The van der Waals surface area contributed by atoms with Crippen LogP contribution < -0.4 is 5.32 Å². The number of benzene rings is 1. The fourth-order valence-corrected chi connectivity index (χ4v) is 4.32. The third kappa shape index (κ3) is 3.56. The molecule has 26 heavy (non-hydrogen) atoms. The molecule has 0 aliphatic carbocycles. The largest absolute Gasteiger partial charge is 0.350 e. The van der Waals surface area contributed by atoms with E-state index in [2.05, 4.69) is 21.6 Å². The summed E-state index contributed by atoms with van der Waals surface area (Å²) in [5, 5.41) is 11.5. The number of aromatic nitrogens is 3. The molecule has 2 heterocycles. The summed E-state index contributed by atoms with van der Waals surface area (Å²) in [7, 11) is -3.53. The third-order valence-corrected chi connectivity index (χ3v) is 6.28. The standard InChI is InChI=1S/C18H23N5O2S/c1-4-22(5-2)26(24,25)16-9-10-17-20-21-18(23(17)13-16)19-12-15-8-6-7-14(3)11-15/h6-11,13H,4-5,12H2,1-3H3,(H,19,21). The van der Waals surface area contributed by atoms with E-state index in [0.717, 1.165) is 5.56 Å². The lowest BCUT2D eigenvalue weighted by Crippen LogP contribution is -2.30. The molecule has 0 saturated carbocycles. The summed E-state index contributed by atoms with van der Waals surface area (Å²) in [6.07, 6.45) is 1.57. The highest BCUT2D eigenvalue weighted by Crippen LogP contribution is 2.18. The van der Waals surface area contributed by atoms with Gasteiger partial charge in [-0.3, -0.25) is 4.40 Å². The molecule has 1 N–H and O–H groups in total. The molecule has 1 aromatic carbocycles. The molecule has 3 aromatic rings. The average Bonchev–Trinajstić information content (AvgIpc) is 3.03. The predicted molar refractivity (Wildman–Crippen MR) is 102 cm³/mol. The van der Waals surface area contributed by atoms with E-state index in [0.29, 0.717) is 31.2 Å². The summed E-state index contributed by atoms with van der Waals surface area (Å²) in [6, 6.07) is 11.4. The minimum atomic E-state index is -3.53. The molecular weight excluding hydrogens is 350 g/mol. The number of hydrogen-bond donors (Lipinski definition) is 1. The van der Waals surface area contributed by atoms with Crippen molar-refractivity contribution in [2.75, 3.05) is 18.4 Å². The topological polar surface area (TPSA) is 79.6 Å². The van der Waals surface area contributed by atoms with Crippen LogP contribution in [0.1, 0.15) is 25.0 Å². The Morgan fingerprint density at radius 3 is 2.58 bits per heavy atom. The van der Waals surface area contributed by atoms with Crippen molar-refractivity contribution in [2.45, 2.75) is 32.2 Å². The lowest BCUT2D eigenvalue weighted by atomic mass is 10.1. The molecule has 7 nitrogen and oxygen atoms in total. The molecule has 138 valence electrons. The smallest absolute Gasteiger partial charge is 0.244 e. The summed E-state index contributed by atoms with van der Waals surface area (Å²) in [5.41, 5.74) is 2.90. The molecule has 0 aliphatic rings.